The van der Waals surface area contributed by atoms with Gasteiger partial charge in [-0.2, -0.15) is 0 Å². The lowest BCUT2D eigenvalue weighted by Crippen LogP contribution is -2.62. The van der Waals surface area contributed by atoms with E-state index in [1.54, 1.807) is 0 Å². The maximum Gasteiger partial charge on any atom is 0.317 e. The summed E-state index contributed by atoms with van der Waals surface area (Å²) in [5.74, 6) is 2.85. The van der Waals surface area contributed by atoms with Gasteiger partial charge in [0, 0.05) is 31.5 Å². The molecule has 4 nitrogen and oxygen atoms in total. The maximum absolute atomic E-state index is 12.5. The Morgan fingerprint density at radius 1 is 1.00 bits per heavy atom. The standard InChI is InChI=1S/C16H24N2O2/c19-14-1-3-18(4-2-14)15(20)17-16-8-11-5-12(9-16)7-13(6-11)10-16/h11-13H,1-10H2,(H,17,20). The number of hydrogen-bond donors (Lipinski definition) is 1. The summed E-state index contributed by atoms with van der Waals surface area (Å²) in [6, 6.07) is 0.0828. The first-order valence-corrected chi connectivity index (χ1v) is 8.21. The summed E-state index contributed by atoms with van der Waals surface area (Å²) < 4.78 is 0. The summed E-state index contributed by atoms with van der Waals surface area (Å²) >= 11 is 0. The van der Waals surface area contributed by atoms with Crippen LogP contribution in [0, 0.1) is 17.8 Å². The number of nitrogens with zero attached hydrogens (tertiary/aromatic N) is 1. The van der Waals surface area contributed by atoms with Crippen LogP contribution in [0.3, 0.4) is 0 Å². The SMILES string of the molecule is O=C1CCN(C(=O)NC23CC4CC(CC(C4)C2)C3)CC1. The molecule has 1 heterocycles. The molecule has 0 aromatic heterocycles. The number of hydrogen-bond acceptors (Lipinski definition) is 2. The summed E-state index contributed by atoms with van der Waals surface area (Å²) in [5.41, 5.74) is 0.0906. The average Bonchev–Trinajstić information content (AvgIpc) is 2.37. The van der Waals surface area contributed by atoms with E-state index >= 15 is 0 Å². The molecule has 0 spiro atoms. The fourth-order valence-corrected chi connectivity index (χ4v) is 5.53. The number of piperidine rings is 1. The Kier molecular flexibility index (Phi) is 2.83. The van der Waals surface area contributed by atoms with Crippen molar-refractivity contribution in [2.45, 2.75) is 56.9 Å². The van der Waals surface area contributed by atoms with Crippen LogP contribution >= 0.6 is 0 Å². The van der Waals surface area contributed by atoms with Gasteiger partial charge >= 0.3 is 6.03 Å². The lowest BCUT2D eigenvalue weighted by Gasteiger charge is -2.57. The molecule has 2 amide bonds. The van der Waals surface area contributed by atoms with Gasteiger partial charge in [-0.05, 0) is 56.3 Å². The third kappa shape index (κ3) is 2.13. The number of likely N-dealkylation sites (tertiary alicyclic amines) is 1. The summed E-state index contributed by atoms with van der Waals surface area (Å²) in [7, 11) is 0. The fraction of sp³-hybridized carbons (Fsp3) is 0.875. The van der Waals surface area contributed by atoms with Gasteiger partial charge in [0.2, 0.25) is 0 Å². The van der Waals surface area contributed by atoms with Crippen LogP contribution in [0.1, 0.15) is 51.4 Å². The molecule has 0 unspecified atom stereocenters. The van der Waals surface area contributed by atoms with E-state index in [1.807, 2.05) is 4.90 Å². The lowest BCUT2D eigenvalue weighted by atomic mass is 9.53. The first-order valence-electron chi connectivity index (χ1n) is 8.21. The molecule has 4 bridgehead atoms. The topological polar surface area (TPSA) is 49.4 Å². The van der Waals surface area contributed by atoms with Crippen molar-refractivity contribution < 1.29 is 9.59 Å². The smallest absolute Gasteiger partial charge is 0.317 e. The molecule has 0 atom stereocenters. The van der Waals surface area contributed by atoms with Crippen LogP contribution in [0.25, 0.3) is 0 Å². The van der Waals surface area contributed by atoms with E-state index < -0.39 is 0 Å². The Balaban J connectivity index is 1.43. The number of urea groups is 1. The molecule has 5 rings (SSSR count). The maximum atomic E-state index is 12.5. The summed E-state index contributed by atoms with van der Waals surface area (Å²) in [5, 5.41) is 3.38. The van der Waals surface area contributed by atoms with Crippen molar-refractivity contribution in [3.63, 3.8) is 0 Å². The summed E-state index contributed by atoms with van der Waals surface area (Å²) in [6.07, 6.45) is 8.84. The Bertz CT molecular complexity index is 400. The first-order chi connectivity index (χ1) is 9.62. The molecular formula is C16H24N2O2. The van der Waals surface area contributed by atoms with Crippen molar-refractivity contribution in [2.24, 2.45) is 17.8 Å². The van der Waals surface area contributed by atoms with Gasteiger partial charge < -0.3 is 10.2 Å². The van der Waals surface area contributed by atoms with Gasteiger partial charge in [-0.15, -0.1) is 0 Å². The van der Waals surface area contributed by atoms with E-state index in [0.717, 1.165) is 17.8 Å². The van der Waals surface area contributed by atoms with Crippen molar-refractivity contribution >= 4 is 11.8 Å². The zero-order chi connectivity index (χ0) is 13.7. The molecule has 110 valence electrons. The molecule has 5 fully saturated rings. The normalized spacial score (nSPS) is 42.9. The monoisotopic (exact) mass is 276 g/mol. The van der Waals surface area contributed by atoms with Crippen molar-refractivity contribution in [3.8, 4) is 0 Å². The number of carbonyl (C=O) groups excluding carboxylic acids is 2. The van der Waals surface area contributed by atoms with E-state index in [9.17, 15) is 9.59 Å². The molecule has 0 aromatic rings. The van der Waals surface area contributed by atoms with E-state index in [2.05, 4.69) is 5.32 Å². The van der Waals surface area contributed by atoms with Crippen molar-refractivity contribution in [3.05, 3.63) is 0 Å². The van der Waals surface area contributed by atoms with Crippen molar-refractivity contribution in [2.75, 3.05) is 13.1 Å². The Morgan fingerprint density at radius 3 is 2.00 bits per heavy atom. The molecule has 5 aliphatic rings. The zero-order valence-corrected chi connectivity index (χ0v) is 12.1. The number of Topliss-reactive ketones (excluding diaryl/α,β-unsaturated/α-hetero) is 1. The number of ketones is 1. The molecule has 20 heavy (non-hydrogen) atoms. The van der Waals surface area contributed by atoms with Crippen LogP contribution in [0.15, 0.2) is 0 Å². The Labute approximate surface area is 120 Å². The van der Waals surface area contributed by atoms with Gasteiger partial charge in [-0.1, -0.05) is 0 Å². The molecule has 4 aliphatic carbocycles. The predicted octanol–water partition coefficient (Wildman–Crippen LogP) is 2.33. The second-order valence-corrected chi connectivity index (χ2v) is 7.65. The number of carbonyl (C=O) groups is 2. The quantitative estimate of drug-likeness (QED) is 0.799. The molecular weight excluding hydrogens is 252 g/mol. The highest BCUT2D eigenvalue weighted by Crippen LogP contribution is 2.55. The molecule has 1 N–H and O–H groups in total. The van der Waals surface area contributed by atoms with Crippen LogP contribution in [0.5, 0.6) is 0 Å². The minimum atomic E-state index is 0.0828. The third-order valence-electron chi connectivity index (χ3n) is 6.02. The number of amides is 2. The Morgan fingerprint density at radius 2 is 1.50 bits per heavy atom. The highest BCUT2D eigenvalue weighted by molar-refractivity contribution is 5.83. The third-order valence-corrected chi connectivity index (χ3v) is 6.02. The highest BCUT2D eigenvalue weighted by atomic mass is 16.2. The van der Waals surface area contributed by atoms with Crippen LogP contribution in [0.4, 0.5) is 4.79 Å². The van der Waals surface area contributed by atoms with Gasteiger partial charge in [0.25, 0.3) is 0 Å². The molecule has 0 aromatic carbocycles. The molecule has 1 aliphatic heterocycles. The highest BCUT2D eigenvalue weighted by Gasteiger charge is 2.51. The van der Waals surface area contributed by atoms with Gasteiger partial charge in [0.15, 0.2) is 0 Å². The van der Waals surface area contributed by atoms with Gasteiger partial charge in [-0.25, -0.2) is 4.79 Å². The number of rotatable bonds is 1. The van der Waals surface area contributed by atoms with Crippen molar-refractivity contribution in [1.82, 2.24) is 10.2 Å². The van der Waals surface area contributed by atoms with E-state index in [1.165, 1.54) is 38.5 Å². The van der Waals surface area contributed by atoms with Crippen LogP contribution in [-0.4, -0.2) is 35.3 Å². The van der Waals surface area contributed by atoms with Gasteiger partial charge in [0.1, 0.15) is 5.78 Å². The second kappa shape index (κ2) is 4.47. The van der Waals surface area contributed by atoms with E-state index in [0.29, 0.717) is 31.7 Å². The van der Waals surface area contributed by atoms with Crippen molar-refractivity contribution in [1.29, 1.82) is 0 Å². The zero-order valence-electron chi connectivity index (χ0n) is 12.1. The van der Waals surface area contributed by atoms with Crippen LogP contribution in [-0.2, 0) is 4.79 Å². The largest absolute Gasteiger partial charge is 0.333 e. The second-order valence-electron chi connectivity index (χ2n) is 7.65. The van der Waals surface area contributed by atoms with E-state index in [4.69, 9.17) is 0 Å². The summed E-state index contributed by atoms with van der Waals surface area (Å²) in [6.45, 7) is 1.22. The summed E-state index contributed by atoms with van der Waals surface area (Å²) in [4.78, 5) is 25.6. The lowest BCUT2D eigenvalue weighted by molar-refractivity contribution is -0.120. The number of nitrogens with one attached hydrogen (secondary N) is 1. The first kappa shape index (κ1) is 12.7. The minimum absolute atomic E-state index is 0.0828. The van der Waals surface area contributed by atoms with Crippen LogP contribution < -0.4 is 5.32 Å². The Hall–Kier alpha value is -1.06. The molecule has 0 radical (unpaired) electrons. The minimum Gasteiger partial charge on any atom is -0.333 e. The van der Waals surface area contributed by atoms with Gasteiger partial charge in [-0.3, -0.25) is 4.79 Å². The van der Waals surface area contributed by atoms with E-state index in [-0.39, 0.29) is 11.6 Å². The fourth-order valence-electron chi connectivity index (χ4n) is 5.53. The molecule has 1 saturated heterocycles. The van der Waals surface area contributed by atoms with Crippen LogP contribution in [0.2, 0.25) is 0 Å². The average molecular weight is 276 g/mol. The predicted molar refractivity (Wildman–Crippen MR) is 75.2 cm³/mol. The molecule has 4 saturated carbocycles. The molecule has 4 heteroatoms. The van der Waals surface area contributed by atoms with Gasteiger partial charge in [0.05, 0.1) is 0 Å².